The van der Waals surface area contributed by atoms with Crippen LogP contribution in [0, 0.1) is 0 Å². The van der Waals surface area contributed by atoms with Crippen LogP contribution in [0.5, 0.6) is 0 Å². The van der Waals surface area contributed by atoms with Crippen molar-refractivity contribution in [1.29, 1.82) is 0 Å². The molecule has 0 aliphatic heterocycles. The highest BCUT2D eigenvalue weighted by Gasteiger charge is 2.25. The fourth-order valence-corrected chi connectivity index (χ4v) is 2.95. The van der Waals surface area contributed by atoms with Gasteiger partial charge < -0.3 is 8.83 Å². The van der Waals surface area contributed by atoms with Gasteiger partial charge in [0.2, 0.25) is 0 Å². The first-order valence-corrected chi connectivity index (χ1v) is 6.77. The molecule has 0 N–H and O–H groups in total. The van der Waals surface area contributed by atoms with Crippen LogP contribution in [0.3, 0.4) is 0 Å². The second-order valence-corrected chi connectivity index (χ2v) is 5.32. The molecule has 2 aromatic rings. The minimum absolute atomic E-state index is 0.0383. The van der Waals surface area contributed by atoms with Gasteiger partial charge in [-0.05, 0) is 25.0 Å². The number of hydrogen-bond donors (Lipinski definition) is 0. The molecule has 1 fully saturated rings. The summed E-state index contributed by atoms with van der Waals surface area (Å²) in [5, 5.41) is 8.24. The summed E-state index contributed by atoms with van der Waals surface area (Å²) < 4.78 is 10.6. The molecule has 1 aliphatic carbocycles. The van der Waals surface area contributed by atoms with Gasteiger partial charge in [-0.15, -0.1) is 10.2 Å². The summed E-state index contributed by atoms with van der Waals surface area (Å²) in [4.78, 5) is 11.7. The van der Waals surface area contributed by atoms with Crippen LogP contribution >= 0.6 is 11.8 Å². The first-order chi connectivity index (χ1) is 8.83. The molecule has 2 heterocycles. The second-order valence-electron chi connectivity index (χ2n) is 4.17. The molecular formula is C12H12N2O3S. The summed E-state index contributed by atoms with van der Waals surface area (Å²) >= 11 is 1.36. The molecule has 0 saturated heterocycles. The third-order valence-corrected chi connectivity index (χ3v) is 4.03. The number of Topliss-reactive ketones (excluding diaryl/α,β-unsaturated/α-hetero) is 1. The Morgan fingerprint density at radius 1 is 1.33 bits per heavy atom. The fourth-order valence-electron chi connectivity index (χ4n) is 1.95. The Morgan fingerprint density at radius 2 is 2.28 bits per heavy atom. The van der Waals surface area contributed by atoms with Crippen LogP contribution in [0.1, 0.15) is 25.7 Å². The van der Waals surface area contributed by atoms with Crippen LogP contribution in [0.2, 0.25) is 0 Å². The van der Waals surface area contributed by atoms with E-state index in [0.717, 1.165) is 19.3 Å². The average Bonchev–Trinajstić information content (AvgIpc) is 3.02. The van der Waals surface area contributed by atoms with Crippen LogP contribution < -0.4 is 0 Å². The van der Waals surface area contributed by atoms with E-state index >= 15 is 0 Å². The topological polar surface area (TPSA) is 69.1 Å². The number of ketones is 1. The van der Waals surface area contributed by atoms with Crippen LogP contribution in [0.4, 0.5) is 0 Å². The van der Waals surface area contributed by atoms with Crippen molar-refractivity contribution in [3.05, 3.63) is 18.4 Å². The highest BCUT2D eigenvalue weighted by Crippen LogP contribution is 2.32. The van der Waals surface area contributed by atoms with Crippen molar-refractivity contribution < 1.29 is 13.6 Å². The van der Waals surface area contributed by atoms with Crippen LogP contribution in [-0.4, -0.2) is 21.2 Å². The molecule has 5 nitrogen and oxygen atoms in total. The largest absolute Gasteiger partial charge is 0.459 e. The second kappa shape index (κ2) is 4.97. The minimum atomic E-state index is -0.0383. The average molecular weight is 264 g/mol. The number of nitrogens with zero attached hydrogens (tertiary/aromatic N) is 2. The Labute approximate surface area is 108 Å². The van der Waals surface area contributed by atoms with Crippen molar-refractivity contribution in [2.45, 2.75) is 36.2 Å². The number of hydrogen-bond acceptors (Lipinski definition) is 6. The van der Waals surface area contributed by atoms with E-state index in [-0.39, 0.29) is 11.0 Å². The van der Waals surface area contributed by atoms with Gasteiger partial charge in [-0.3, -0.25) is 4.79 Å². The lowest BCUT2D eigenvalue weighted by Gasteiger charge is -2.17. The number of rotatable bonds is 3. The molecule has 0 spiro atoms. The third-order valence-electron chi connectivity index (χ3n) is 2.88. The van der Waals surface area contributed by atoms with E-state index in [4.69, 9.17) is 8.83 Å². The van der Waals surface area contributed by atoms with Crippen LogP contribution in [0.25, 0.3) is 11.7 Å². The molecule has 0 amide bonds. The SMILES string of the molecule is O=C1CCCCC1Sc1nnc(-c2ccco2)o1. The maximum absolute atomic E-state index is 11.7. The minimum Gasteiger partial charge on any atom is -0.459 e. The quantitative estimate of drug-likeness (QED) is 0.849. The number of furan rings is 1. The van der Waals surface area contributed by atoms with Gasteiger partial charge in [-0.2, -0.15) is 0 Å². The first-order valence-electron chi connectivity index (χ1n) is 5.90. The zero-order valence-electron chi connectivity index (χ0n) is 9.67. The van der Waals surface area contributed by atoms with Gasteiger partial charge in [0.05, 0.1) is 11.5 Å². The molecule has 94 valence electrons. The summed E-state index contributed by atoms with van der Waals surface area (Å²) in [5.41, 5.74) is 0. The Morgan fingerprint density at radius 3 is 3.06 bits per heavy atom. The van der Waals surface area contributed by atoms with Crippen molar-refractivity contribution in [1.82, 2.24) is 10.2 Å². The summed E-state index contributed by atoms with van der Waals surface area (Å²) in [7, 11) is 0. The molecular weight excluding hydrogens is 252 g/mol. The summed E-state index contributed by atoms with van der Waals surface area (Å²) in [5.74, 6) is 1.18. The van der Waals surface area contributed by atoms with E-state index in [1.807, 2.05) is 0 Å². The van der Waals surface area contributed by atoms with E-state index < -0.39 is 0 Å². The predicted molar refractivity (Wildman–Crippen MR) is 65.1 cm³/mol. The van der Waals surface area contributed by atoms with Gasteiger partial charge in [0.15, 0.2) is 5.76 Å². The molecule has 1 saturated carbocycles. The summed E-state index contributed by atoms with van der Waals surface area (Å²) in [6, 6.07) is 3.52. The van der Waals surface area contributed by atoms with Gasteiger partial charge >= 0.3 is 0 Å². The lowest BCUT2D eigenvalue weighted by Crippen LogP contribution is -2.21. The molecule has 1 aliphatic rings. The fraction of sp³-hybridized carbons (Fsp3) is 0.417. The van der Waals surface area contributed by atoms with E-state index in [1.54, 1.807) is 18.4 Å². The zero-order valence-corrected chi connectivity index (χ0v) is 10.5. The van der Waals surface area contributed by atoms with Gasteiger partial charge in [-0.1, -0.05) is 18.2 Å². The maximum atomic E-state index is 11.7. The first kappa shape index (κ1) is 11.5. The molecule has 3 rings (SSSR count). The van der Waals surface area contributed by atoms with Crippen molar-refractivity contribution in [3.63, 3.8) is 0 Å². The Balaban J connectivity index is 1.72. The van der Waals surface area contributed by atoms with Crippen LogP contribution in [0.15, 0.2) is 32.5 Å². The molecule has 18 heavy (non-hydrogen) atoms. The molecule has 0 aromatic carbocycles. The smallest absolute Gasteiger partial charge is 0.284 e. The number of aromatic nitrogens is 2. The van der Waals surface area contributed by atoms with Crippen molar-refractivity contribution in [2.24, 2.45) is 0 Å². The monoisotopic (exact) mass is 264 g/mol. The maximum Gasteiger partial charge on any atom is 0.284 e. The lowest BCUT2D eigenvalue weighted by atomic mass is 9.99. The molecule has 1 unspecified atom stereocenters. The highest BCUT2D eigenvalue weighted by molar-refractivity contribution is 8.00. The van der Waals surface area contributed by atoms with E-state index in [0.29, 0.717) is 23.3 Å². The van der Waals surface area contributed by atoms with Crippen molar-refractivity contribution in [2.75, 3.05) is 0 Å². The predicted octanol–water partition coefficient (Wildman–Crippen LogP) is 2.93. The number of thioether (sulfide) groups is 1. The van der Waals surface area contributed by atoms with E-state index in [1.165, 1.54) is 11.8 Å². The van der Waals surface area contributed by atoms with Crippen LogP contribution in [-0.2, 0) is 4.79 Å². The Kier molecular flexibility index (Phi) is 3.19. The number of carbonyl (C=O) groups is 1. The highest BCUT2D eigenvalue weighted by atomic mass is 32.2. The van der Waals surface area contributed by atoms with Gasteiger partial charge in [0.1, 0.15) is 5.78 Å². The molecule has 2 aromatic heterocycles. The number of carbonyl (C=O) groups excluding carboxylic acids is 1. The Hall–Kier alpha value is -1.56. The third kappa shape index (κ3) is 2.33. The van der Waals surface area contributed by atoms with Crippen molar-refractivity contribution in [3.8, 4) is 11.7 Å². The van der Waals surface area contributed by atoms with Crippen molar-refractivity contribution >= 4 is 17.5 Å². The normalized spacial score (nSPS) is 20.2. The van der Waals surface area contributed by atoms with Gasteiger partial charge in [0, 0.05) is 6.42 Å². The summed E-state index contributed by atoms with van der Waals surface area (Å²) in [6.45, 7) is 0. The molecule has 0 bridgehead atoms. The van der Waals surface area contributed by atoms with E-state index in [2.05, 4.69) is 10.2 Å². The lowest BCUT2D eigenvalue weighted by molar-refractivity contribution is -0.119. The standard InChI is InChI=1S/C12H12N2O3S/c15-8-4-1-2-6-10(8)18-12-14-13-11(17-12)9-5-3-7-16-9/h3,5,7,10H,1-2,4,6H2. The molecule has 1 atom stereocenters. The Bertz CT molecular complexity index is 535. The summed E-state index contributed by atoms with van der Waals surface area (Å²) in [6.07, 6.45) is 5.19. The molecule has 0 radical (unpaired) electrons. The zero-order chi connectivity index (χ0) is 12.4. The van der Waals surface area contributed by atoms with Gasteiger partial charge in [0.25, 0.3) is 11.1 Å². The van der Waals surface area contributed by atoms with Gasteiger partial charge in [-0.25, -0.2) is 0 Å². The molecule has 6 heteroatoms. The van der Waals surface area contributed by atoms with E-state index in [9.17, 15) is 4.79 Å².